The van der Waals surface area contributed by atoms with Crippen molar-refractivity contribution in [2.24, 2.45) is 0 Å². The van der Waals surface area contributed by atoms with Gasteiger partial charge in [0.15, 0.2) is 46.0 Å². The lowest BCUT2D eigenvalue weighted by Gasteiger charge is -2.22. The van der Waals surface area contributed by atoms with Crippen LogP contribution >= 0.6 is 0 Å². The molecule has 0 radical (unpaired) electrons. The van der Waals surface area contributed by atoms with E-state index in [2.05, 4.69) is 38.4 Å². The summed E-state index contributed by atoms with van der Waals surface area (Å²) in [5, 5.41) is 16.3. The van der Waals surface area contributed by atoms with E-state index in [1.807, 2.05) is 97.1 Å². The average molecular weight is 1640 g/mol. The fraction of sp³-hybridized carbons (Fsp3) is 0.711. The molecule has 5 aliphatic rings. The Hall–Kier alpha value is -5.68. The Bertz CT molecular complexity index is 2400. The Morgan fingerprint density at radius 3 is 0.557 bits per heavy atom. The van der Waals surface area contributed by atoms with E-state index in [1.165, 1.54) is 0 Å². The molecule has 0 atom stereocenters. The molecule has 4 aromatic rings. The topological polar surface area (TPSA) is 303 Å². The Morgan fingerprint density at radius 2 is 0.365 bits per heavy atom. The molecule has 5 aliphatic heterocycles. The highest BCUT2D eigenvalue weighted by atomic mass is 16.6. The highest BCUT2D eigenvalue weighted by Gasteiger charge is 2.12. The molecule has 32 heteroatoms. The average Bonchev–Trinajstić information content (AvgIpc) is 0.967. The summed E-state index contributed by atoms with van der Waals surface area (Å²) in [4.78, 5) is 2.34. The zero-order valence-corrected chi connectivity index (χ0v) is 68.8. The Balaban J connectivity index is 0.000000264. The standard InChI is InChI=1S/C24H32O8.C22H28O7.C15H32N2O4.C12H26N2O4.C10H22N2O3/c1-2-6-22-21(5-1)29-17-13-25-9-10-27-15-19-31-23-7-3-4-8-24(23)32-20-16-28-12-11-26-14-18-30-22;1-3-7-21-19(5-1)26-15-11-23-9-10-24-12-16-27-20-6-2-4-8-22(20)29-18-14-25-13-17-28-21;1-2-8-18-11-5-17-6-12-19-9-3-16-4-10-20-14-15-21-13-7-17;1-5-15-9-10-17-7-3-14-4-8-18-12-11-16-6-2-13-1;1-5-13-6-2-12-4-8-15-10-9-14-7-3-11-1/h1-8H,9-20H2;1-8H,9-18H2;16H,2-15H2,1H3;13-14H,1-12H2;11-12H,1-10H2. The molecule has 0 aliphatic carbocycles. The van der Waals surface area contributed by atoms with Gasteiger partial charge in [0.1, 0.15) is 52.9 Å². The second-order valence-electron chi connectivity index (χ2n) is 25.2. The molecule has 32 nitrogen and oxygen atoms in total. The number of fused-ring (bicyclic) bond motifs is 4. The molecular weight excluding hydrogens is 1500 g/mol. The van der Waals surface area contributed by atoms with E-state index in [0.717, 1.165) is 158 Å². The van der Waals surface area contributed by atoms with Crippen molar-refractivity contribution in [2.75, 3.05) is 376 Å². The first-order valence-electron chi connectivity index (χ1n) is 41.3. The molecule has 658 valence electrons. The maximum Gasteiger partial charge on any atom is 0.161 e. The molecule has 0 spiro atoms. The minimum Gasteiger partial charge on any atom is -0.487 e. The molecule has 0 saturated carbocycles. The predicted molar refractivity (Wildman–Crippen MR) is 436 cm³/mol. The maximum atomic E-state index is 5.78. The van der Waals surface area contributed by atoms with Crippen molar-refractivity contribution in [1.82, 2.24) is 31.5 Å². The van der Waals surface area contributed by atoms with Crippen LogP contribution in [0, 0.1) is 0 Å². The monoisotopic (exact) mass is 1640 g/mol. The second kappa shape index (κ2) is 78.2. The van der Waals surface area contributed by atoms with E-state index in [0.29, 0.717) is 271 Å². The van der Waals surface area contributed by atoms with Crippen molar-refractivity contribution in [3.05, 3.63) is 97.1 Å². The fourth-order valence-electron chi connectivity index (χ4n) is 10.2. The van der Waals surface area contributed by atoms with E-state index in [4.69, 9.17) is 123 Å². The summed E-state index contributed by atoms with van der Waals surface area (Å²) in [5.41, 5.74) is 0. The van der Waals surface area contributed by atoms with Gasteiger partial charge in [0, 0.05) is 91.7 Å². The Kier molecular flexibility index (Phi) is 67.9. The molecule has 4 aromatic carbocycles. The Labute approximate surface area is 684 Å². The van der Waals surface area contributed by atoms with E-state index in [1.54, 1.807) is 0 Å². The van der Waals surface area contributed by atoms with Gasteiger partial charge in [-0.25, -0.2) is 0 Å². The van der Waals surface area contributed by atoms with Gasteiger partial charge in [0.05, 0.1) is 231 Å². The number of rotatable bonds is 5. The number of hydrogen-bond acceptors (Lipinski definition) is 32. The summed E-state index contributed by atoms with van der Waals surface area (Å²) in [5.74, 6) is 5.49. The number of hydrogen-bond donors (Lipinski definition) is 5. The van der Waals surface area contributed by atoms with Gasteiger partial charge in [0.25, 0.3) is 0 Å². The lowest BCUT2D eigenvalue weighted by atomic mass is 10.3. The van der Waals surface area contributed by atoms with Crippen LogP contribution in [0.25, 0.3) is 0 Å². The van der Waals surface area contributed by atoms with E-state index in [9.17, 15) is 0 Å². The van der Waals surface area contributed by atoms with Crippen LogP contribution in [-0.2, 0) is 85.3 Å². The number of para-hydroxylation sites is 8. The summed E-state index contributed by atoms with van der Waals surface area (Å²) >= 11 is 0. The lowest BCUT2D eigenvalue weighted by Crippen LogP contribution is -2.34. The largest absolute Gasteiger partial charge is 0.487 e. The minimum absolute atomic E-state index is 0.425. The molecular formula is C83H140N6O26. The SMILES string of the molecule is C1COCCNCCOCCOCCN1.C1COCCOCCNCCOCCOCCN1.CCCOCCN1CCOCCNCCOCCOCC1.c1ccc2c(c1)OCCOCCOCCOc1ccccc1OCCOCCO2.c1ccc2c(c1)OCCOCCOCCOc1ccccc1OCCOCCOCCO2. The van der Waals surface area contributed by atoms with Crippen LogP contribution in [0.1, 0.15) is 13.3 Å². The summed E-state index contributed by atoms with van der Waals surface area (Å²) < 4.78 is 145. The number of nitrogens with zero attached hydrogens (tertiary/aromatic N) is 1. The quantitative estimate of drug-likeness (QED) is 0.168. The van der Waals surface area contributed by atoms with Crippen LogP contribution in [0.4, 0.5) is 0 Å². The third kappa shape index (κ3) is 59.6. The van der Waals surface area contributed by atoms with Crippen molar-refractivity contribution < 1.29 is 123 Å². The summed E-state index contributed by atoms with van der Waals surface area (Å²) in [7, 11) is 0. The highest BCUT2D eigenvalue weighted by molar-refractivity contribution is 5.41. The molecule has 5 heterocycles. The van der Waals surface area contributed by atoms with Crippen molar-refractivity contribution in [3.63, 3.8) is 0 Å². The van der Waals surface area contributed by atoms with Crippen LogP contribution in [0.2, 0.25) is 0 Å². The van der Waals surface area contributed by atoms with Gasteiger partial charge in [-0.3, -0.25) is 4.90 Å². The molecule has 0 bridgehead atoms. The van der Waals surface area contributed by atoms with E-state index >= 15 is 0 Å². The first-order valence-corrected chi connectivity index (χ1v) is 41.3. The molecule has 0 aromatic heterocycles. The number of benzene rings is 4. The third-order valence-electron chi connectivity index (χ3n) is 16.1. The zero-order valence-electron chi connectivity index (χ0n) is 68.8. The van der Waals surface area contributed by atoms with Crippen LogP contribution in [0.5, 0.6) is 46.0 Å². The molecule has 9 rings (SSSR count). The zero-order chi connectivity index (χ0) is 80.4. The van der Waals surface area contributed by atoms with Crippen LogP contribution < -0.4 is 64.5 Å². The maximum absolute atomic E-state index is 5.78. The van der Waals surface area contributed by atoms with E-state index in [-0.39, 0.29) is 0 Å². The third-order valence-corrected chi connectivity index (χ3v) is 16.1. The van der Waals surface area contributed by atoms with E-state index < -0.39 is 0 Å². The van der Waals surface area contributed by atoms with Gasteiger partial charge in [-0.05, 0) is 55.0 Å². The summed E-state index contributed by atoms with van der Waals surface area (Å²) in [6.45, 7) is 39.4. The first-order chi connectivity index (χ1) is 57.3. The Morgan fingerprint density at radius 1 is 0.209 bits per heavy atom. The van der Waals surface area contributed by atoms with Gasteiger partial charge in [-0.2, -0.15) is 0 Å². The van der Waals surface area contributed by atoms with Gasteiger partial charge < -0.3 is 150 Å². The molecule has 5 N–H and O–H groups in total. The van der Waals surface area contributed by atoms with Crippen LogP contribution in [0.15, 0.2) is 97.1 Å². The van der Waals surface area contributed by atoms with Gasteiger partial charge in [0.2, 0.25) is 0 Å². The van der Waals surface area contributed by atoms with Gasteiger partial charge in [-0.15, -0.1) is 0 Å². The molecule has 0 unspecified atom stereocenters. The molecule has 3 fully saturated rings. The smallest absolute Gasteiger partial charge is 0.161 e. The summed E-state index contributed by atoms with van der Waals surface area (Å²) in [6, 6.07) is 30.2. The normalized spacial score (nSPS) is 20.4. The molecule has 115 heavy (non-hydrogen) atoms. The summed E-state index contributed by atoms with van der Waals surface area (Å²) in [6.07, 6.45) is 1.07. The number of nitrogens with one attached hydrogen (secondary N) is 5. The van der Waals surface area contributed by atoms with Gasteiger partial charge in [-0.1, -0.05) is 55.5 Å². The minimum atomic E-state index is 0.425. The van der Waals surface area contributed by atoms with Crippen molar-refractivity contribution in [2.45, 2.75) is 13.3 Å². The first kappa shape index (κ1) is 99.9. The van der Waals surface area contributed by atoms with Crippen LogP contribution in [0.3, 0.4) is 0 Å². The van der Waals surface area contributed by atoms with Crippen molar-refractivity contribution in [1.29, 1.82) is 0 Å². The fourth-order valence-corrected chi connectivity index (χ4v) is 10.2. The molecule has 0 amide bonds. The van der Waals surface area contributed by atoms with Crippen molar-refractivity contribution in [3.8, 4) is 46.0 Å². The molecule has 3 saturated heterocycles. The lowest BCUT2D eigenvalue weighted by molar-refractivity contribution is 0.0223. The van der Waals surface area contributed by atoms with Gasteiger partial charge >= 0.3 is 0 Å². The second-order valence-corrected chi connectivity index (χ2v) is 25.2. The number of ether oxygens (including phenoxy) is 26. The van der Waals surface area contributed by atoms with Crippen molar-refractivity contribution >= 4 is 0 Å². The van der Waals surface area contributed by atoms with Crippen LogP contribution in [-0.4, -0.2) is 381 Å². The predicted octanol–water partition coefficient (Wildman–Crippen LogP) is 4.79. The highest BCUT2D eigenvalue weighted by Crippen LogP contribution is 2.29.